The molecule has 0 saturated carbocycles. The highest BCUT2D eigenvalue weighted by molar-refractivity contribution is 6.31. The summed E-state index contributed by atoms with van der Waals surface area (Å²) in [6.45, 7) is 0. The lowest BCUT2D eigenvalue weighted by Gasteiger charge is -2.12. The van der Waals surface area contributed by atoms with Gasteiger partial charge in [-0.05, 0) is 12.1 Å². The number of rotatable bonds is 2. The van der Waals surface area contributed by atoms with Crippen LogP contribution in [0.5, 0.6) is 5.75 Å². The summed E-state index contributed by atoms with van der Waals surface area (Å²) >= 11 is 5.85. The van der Waals surface area contributed by atoms with Gasteiger partial charge < -0.3 is 15.0 Å². The molecule has 82 valence electrons. The van der Waals surface area contributed by atoms with Gasteiger partial charge in [0, 0.05) is 30.9 Å². The minimum Gasteiger partial charge on any atom is -0.497 e. The fraction of sp³-hybridized carbons (Fsp3) is 0.300. The first-order valence-electron chi connectivity index (χ1n) is 4.36. The minimum absolute atomic E-state index is 0.209. The van der Waals surface area contributed by atoms with Crippen molar-refractivity contribution < 1.29 is 9.53 Å². The van der Waals surface area contributed by atoms with E-state index in [1.807, 2.05) is 0 Å². The van der Waals surface area contributed by atoms with Gasteiger partial charge >= 0.3 is 6.03 Å². The first-order valence-corrected chi connectivity index (χ1v) is 4.73. The van der Waals surface area contributed by atoms with Gasteiger partial charge in [0.15, 0.2) is 0 Å². The number of hydrogen-bond acceptors (Lipinski definition) is 2. The number of methoxy groups -OCH3 is 1. The first kappa shape index (κ1) is 11.7. The molecular formula is C10H13ClN2O2. The van der Waals surface area contributed by atoms with E-state index in [0.717, 1.165) is 0 Å². The second kappa shape index (κ2) is 4.89. The number of hydrogen-bond donors (Lipinski definition) is 1. The Labute approximate surface area is 93.8 Å². The van der Waals surface area contributed by atoms with Crippen LogP contribution in [0.1, 0.15) is 0 Å². The second-order valence-corrected chi connectivity index (χ2v) is 3.64. The third kappa shape index (κ3) is 3.32. The number of benzene rings is 1. The molecule has 0 radical (unpaired) electrons. The Morgan fingerprint density at radius 1 is 1.40 bits per heavy atom. The van der Waals surface area contributed by atoms with Crippen molar-refractivity contribution in [1.29, 1.82) is 0 Å². The van der Waals surface area contributed by atoms with E-state index in [2.05, 4.69) is 5.32 Å². The molecular weight excluding hydrogens is 216 g/mol. The molecule has 1 aromatic carbocycles. The Morgan fingerprint density at radius 2 is 2.07 bits per heavy atom. The normalized spacial score (nSPS) is 9.60. The summed E-state index contributed by atoms with van der Waals surface area (Å²) in [5.74, 6) is 0.608. The van der Waals surface area contributed by atoms with Gasteiger partial charge in [-0.1, -0.05) is 11.6 Å². The highest BCUT2D eigenvalue weighted by Crippen LogP contribution is 2.24. The van der Waals surface area contributed by atoms with Gasteiger partial charge in [0.2, 0.25) is 0 Å². The molecule has 4 nitrogen and oxygen atoms in total. The summed E-state index contributed by atoms with van der Waals surface area (Å²) < 4.78 is 5.03. The van der Waals surface area contributed by atoms with E-state index in [0.29, 0.717) is 16.5 Å². The number of nitrogens with one attached hydrogen (secondary N) is 1. The average Bonchev–Trinajstić information content (AvgIpc) is 2.16. The van der Waals surface area contributed by atoms with Crippen molar-refractivity contribution >= 4 is 23.3 Å². The Bertz CT molecular complexity index is 366. The molecule has 1 aromatic rings. The molecule has 0 aromatic heterocycles. The van der Waals surface area contributed by atoms with E-state index in [1.165, 1.54) is 4.90 Å². The maximum atomic E-state index is 11.4. The molecule has 0 saturated heterocycles. The largest absolute Gasteiger partial charge is 0.497 e. The second-order valence-electron chi connectivity index (χ2n) is 3.20. The zero-order chi connectivity index (χ0) is 11.4. The lowest BCUT2D eigenvalue weighted by Crippen LogP contribution is -2.27. The van der Waals surface area contributed by atoms with Crippen LogP contribution in [0, 0.1) is 0 Å². The summed E-state index contributed by atoms with van der Waals surface area (Å²) in [5.41, 5.74) is 0.609. The Balaban J connectivity index is 2.85. The lowest BCUT2D eigenvalue weighted by molar-refractivity contribution is 0.230. The molecule has 1 rings (SSSR count). The molecule has 0 fully saturated rings. The van der Waals surface area contributed by atoms with Crippen molar-refractivity contribution in [2.24, 2.45) is 0 Å². The first-order chi connectivity index (χ1) is 7.02. The van der Waals surface area contributed by atoms with Gasteiger partial charge in [-0.25, -0.2) is 4.79 Å². The molecule has 1 N–H and O–H groups in total. The van der Waals surface area contributed by atoms with Crippen LogP contribution in [-0.2, 0) is 0 Å². The van der Waals surface area contributed by atoms with Crippen LogP contribution in [0.25, 0.3) is 0 Å². The molecule has 5 heteroatoms. The highest BCUT2D eigenvalue weighted by Gasteiger charge is 2.05. The molecule has 0 heterocycles. The van der Waals surface area contributed by atoms with E-state index in [-0.39, 0.29) is 6.03 Å². The van der Waals surface area contributed by atoms with Crippen LogP contribution in [-0.4, -0.2) is 32.1 Å². The van der Waals surface area contributed by atoms with Crippen LogP contribution < -0.4 is 10.1 Å². The van der Waals surface area contributed by atoms with Crippen LogP contribution >= 0.6 is 11.6 Å². The van der Waals surface area contributed by atoms with Crippen molar-refractivity contribution in [1.82, 2.24) is 4.90 Å². The molecule has 15 heavy (non-hydrogen) atoms. The molecule has 0 bridgehead atoms. The molecule has 0 aliphatic carbocycles. The zero-order valence-electron chi connectivity index (χ0n) is 8.87. The molecule has 2 amide bonds. The van der Waals surface area contributed by atoms with Gasteiger partial charge in [-0.3, -0.25) is 0 Å². The summed E-state index contributed by atoms with van der Waals surface area (Å²) in [5, 5.41) is 3.20. The van der Waals surface area contributed by atoms with Crippen LogP contribution in [0.15, 0.2) is 18.2 Å². The van der Waals surface area contributed by atoms with Crippen molar-refractivity contribution in [2.45, 2.75) is 0 Å². The van der Waals surface area contributed by atoms with Crippen LogP contribution in [0.3, 0.4) is 0 Å². The number of carbonyl (C=O) groups is 1. The fourth-order valence-corrected chi connectivity index (χ4v) is 1.21. The summed E-state index contributed by atoms with van der Waals surface area (Å²) in [4.78, 5) is 12.8. The minimum atomic E-state index is -0.209. The molecule has 0 aliphatic rings. The monoisotopic (exact) mass is 228 g/mol. The number of ether oxygens (including phenoxy) is 1. The fourth-order valence-electron chi connectivity index (χ4n) is 0.988. The van der Waals surface area contributed by atoms with E-state index < -0.39 is 0 Å². The van der Waals surface area contributed by atoms with Crippen molar-refractivity contribution in [3.8, 4) is 5.75 Å². The third-order valence-corrected chi connectivity index (χ3v) is 1.98. The lowest BCUT2D eigenvalue weighted by atomic mass is 10.3. The topological polar surface area (TPSA) is 41.6 Å². The third-order valence-electron chi connectivity index (χ3n) is 1.76. The molecule has 0 aliphatic heterocycles. The number of urea groups is 1. The van der Waals surface area contributed by atoms with Gasteiger partial charge in [-0.2, -0.15) is 0 Å². The van der Waals surface area contributed by atoms with Crippen molar-refractivity contribution in [3.63, 3.8) is 0 Å². The van der Waals surface area contributed by atoms with E-state index >= 15 is 0 Å². The average molecular weight is 229 g/mol. The number of halogens is 1. The smallest absolute Gasteiger partial charge is 0.321 e. The van der Waals surface area contributed by atoms with Gasteiger partial charge in [-0.15, -0.1) is 0 Å². The molecule has 0 unspecified atom stereocenters. The predicted molar refractivity (Wildman–Crippen MR) is 60.7 cm³/mol. The Hall–Kier alpha value is -1.42. The SMILES string of the molecule is COc1cc(Cl)cc(NC(=O)N(C)C)c1. The number of anilines is 1. The summed E-state index contributed by atoms with van der Waals surface area (Å²) in [6, 6.07) is 4.82. The standard InChI is InChI=1S/C10H13ClN2O2/c1-13(2)10(14)12-8-4-7(11)5-9(6-8)15-3/h4-6H,1-3H3,(H,12,14). The highest BCUT2D eigenvalue weighted by atomic mass is 35.5. The number of amides is 2. The summed E-state index contributed by atoms with van der Waals surface area (Å²) in [7, 11) is 4.87. The van der Waals surface area contributed by atoms with E-state index in [4.69, 9.17) is 16.3 Å². The number of nitrogens with zero attached hydrogens (tertiary/aromatic N) is 1. The van der Waals surface area contributed by atoms with E-state index in [1.54, 1.807) is 39.4 Å². The summed E-state index contributed by atoms with van der Waals surface area (Å²) in [6.07, 6.45) is 0. The van der Waals surface area contributed by atoms with E-state index in [9.17, 15) is 4.79 Å². The van der Waals surface area contributed by atoms with Gasteiger partial charge in [0.25, 0.3) is 0 Å². The van der Waals surface area contributed by atoms with Crippen molar-refractivity contribution in [3.05, 3.63) is 23.2 Å². The van der Waals surface area contributed by atoms with Crippen molar-refractivity contribution in [2.75, 3.05) is 26.5 Å². The van der Waals surface area contributed by atoms with Crippen LogP contribution in [0.4, 0.5) is 10.5 Å². The predicted octanol–water partition coefficient (Wildman–Crippen LogP) is 2.44. The maximum Gasteiger partial charge on any atom is 0.321 e. The van der Waals surface area contributed by atoms with Gasteiger partial charge in [0.05, 0.1) is 7.11 Å². The Morgan fingerprint density at radius 3 is 2.60 bits per heavy atom. The quantitative estimate of drug-likeness (QED) is 0.845. The molecule has 0 atom stereocenters. The van der Waals surface area contributed by atoms with Crippen LogP contribution in [0.2, 0.25) is 5.02 Å². The maximum absolute atomic E-state index is 11.4. The molecule has 0 spiro atoms. The zero-order valence-corrected chi connectivity index (χ0v) is 9.63. The van der Waals surface area contributed by atoms with Gasteiger partial charge in [0.1, 0.15) is 5.75 Å². The Kier molecular flexibility index (Phi) is 3.80. The number of carbonyl (C=O) groups excluding carboxylic acids is 1.